The van der Waals surface area contributed by atoms with Crippen LogP contribution in [0.25, 0.3) is 0 Å². The molecule has 0 saturated carbocycles. The van der Waals surface area contributed by atoms with Crippen molar-refractivity contribution in [3.8, 4) is 0 Å². The predicted molar refractivity (Wildman–Crippen MR) is 80.1 cm³/mol. The van der Waals surface area contributed by atoms with Crippen LogP contribution in [0.3, 0.4) is 0 Å². The van der Waals surface area contributed by atoms with Gasteiger partial charge in [0.05, 0.1) is 11.5 Å². The molecular formula is C13H10Br2O2S. The van der Waals surface area contributed by atoms with Crippen LogP contribution in [0.4, 0.5) is 0 Å². The minimum absolute atomic E-state index is 0.00364. The van der Waals surface area contributed by atoms with Crippen LogP contribution in [-0.2, 0) is 11.3 Å². The van der Waals surface area contributed by atoms with Crippen molar-refractivity contribution in [3.63, 3.8) is 0 Å². The van der Waals surface area contributed by atoms with Gasteiger partial charge < -0.3 is 4.74 Å². The lowest BCUT2D eigenvalue weighted by atomic mass is 10.2. The molecule has 1 heterocycles. The highest BCUT2D eigenvalue weighted by Gasteiger charge is 2.11. The van der Waals surface area contributed by atoms with Gasteiger partial charge in [-0.2, -0.15) is 0 Å². The molecular weight excluding hydrogens is 380 g/mol. The molecule has 0 bridgehead atoms. The summed E-state index contributed by atoms with van der Waals surface area (Å²) < 4.78 is 7.28. The lowest BCUT2D eigenvalue weighted by molar-refractivity contribution is 0.0729. The highest BCUT2D eigenvalue weighted by Crippen LogP contribution is 2.23. The van der Waals surface area contributed by atoms with Gasteiger partial charge in [0.1, 0.15) is 6.61 Å². The first-order valence-electron chi connectivity index (χ1n) is 5.26. The first kappa shape index (κ1) is 13.9. The van der Waals surface area contributed by atoms with E-state index in [1.54, 1.807) is 0 Å². The average molecular weight is 390 g/mol. The number of carbonyl (C=O) groups is 1. The van der Waals surface area contributed by atoms with Crippen molar-refractivity contribution >= 4 is 49.0 Å². The number of thiophene rings is 1. The maximum atomic E-state index is 11.8. The minimum atomic E-state index is 0.00364. The summed E-state index contributed by atoms with van der Waals surface area (Å²) in [5.41, 5.74) is 1.04. The van der Waals surface area contributed by atoms with Crippen LogP contribution < -0.4 is 0 Å². The van der Waals surface area contributed by atoms with Crippen LogP contribution in [0.1, 0.15) is 15.2 Å². The molecule has 0 saturated heterocycles. The van der Waals surface area contributed by atoms with Gasteiger partial charge in [0, 0.05) is 8.95 Å². The van der Waals surface area contributed by atoms with Gasteiger partial charge in [-0.3, -0.25) is 4.79 Å². The zero-order valence-electron chi connectivity index (χ0n) is 9.36. The van der Waals surface area contributed by atoms with Gasteiger partial charge in [0.25, 0.3) is 0 Å². The van der Waals surface area contributed by atoms with Gasteiger partial charge in [-0.05, 0) is 39.0 Å². The van der Waals surface area contributed by atoms with Crippen molar-refractivity contribution in [2.45, 2.75) is 6.61 Å². The summed E-state index contributed by atoms with van der Waals surface area (Å²) >= 11 is 8.21. The van der Waals surface area contributed by atoms with E-state index in [1.165, 1.54) is 11.3 Å². The second-order valence-corrected chi connectivity index (χ2v) is 6.23. The summed E-state index contributed by atoms with van der Waals surface area (Å²) in [5, 5.41) is 1.88. The molecule has 0 aliphatic carbocycles. The third-order valence-corrected chi connectivity index (χ3v) is 4.97. The lowest BCUT2D eigenvalue weighted by Crippen LogP contribution is -2.08. The lowest BCUT2D eigenvalue weighted by Gasteiger charge is -2.05. The number of benzene rings is 1. The van der Waals surface area contributed by atoms with Gasteiger partial charge in [-0.25, -0.2) is 0 Å². The minimum Gasteiger partial charge on any atom is -0.369 e. The van der Waals surface area contributed by atoms with Crippen molar-refractivity contribution < 1.29 is 9.53 Å². The van der Waals surface area contributed by atoms with E-state index >= 15 is 0 Å². The van der Waals surface area contributed by atoms with Gasteiger partial charge in [-0.15, -0.1) is 11.3 Å². The van der Waals surface area contributed by atoms with Crippen molar-refractivity contribution in [3.05, 3.63) is 55.1 Å². The number of hydrogen-bond acceptors (Lipinski definition) is 3. The summed E-state index contributed by atoms with van der Waals surface area (Å²) in [5.74, 6) is 0.00364. The Kier molecular flexibility index (Phi) is 5.12. The van der Waals surface area contributed by atoms with Gasteiger partial charge in [0.15, 0.2) is 5.78 Å². The second kappa shape index (κ2) is 6.61. The smallest absolute Gasteiger partial charge is 0.199 e. The molecule has 1 aromatic carbocycles. The molecule has 0 fully saturated rings. The summed E-state index contributed by atoms with van der Waals surface area (Å²) in [6, 6.07) is 9.68. The first-order chi connectivity index (χ1) is 8.68. The van der Waals surface area contributed by atoms with Crippen LogP contribution in [0, 0.1) is 0 Å². The molecule has 5 heteroatoms. The molecule has 0 spiro atoms. The van der Waals surface area contributed by atoms with Crippen LogP contribution in [-0.4, -0.2) is 12.4 Å². The fourth-order valence-electron chi connectivity index (χ4n) is 1.43. The van der Waals surface area contributed by atoms with Crippen LogP contribution in [0.5, 0.6) is 0 Å². The highest BCUT2D eigenvalue weighted by molar-refractivity contribution is 9.10. The summed E-state index contributed by atoms with van der Waals surface area (Å²) in [4.78, 5) is 12.6. The number of ether oxygens (including phenoxy) is 1. The molecule has 0 N–H and O–H groups in total. The third kappa shape index (κ3) is 3.51. The van der Waals surface area contributed by atoms with E-state index in [4.69, 9.17) is 4.74 Å². The molecule has 1 aromatic heterocycles. The Morgan fingerprint density at radius 2 is 1.94 bits per heavy atom. The Labute approximate surface area is 126 Å². The molecule has 0 aliphatic heterocycles. The van der Waals surface area contributed by atoms with Gasteiger partial charge in [-0.1, -0.05) is 34.1 Å². The Hall–Kier alpha value is -0.490. The van der Waals surface area contributed by atoms with Gasteiger partial charge >= 0.3 is 0 Å². The summed E-state index contributed by atoms with van der Waals surface area (Å²) in [7, 11) is 0. The second-order valence-electron chi connectivity index (χ2n) is 3.61. The Balaban J connectivity index is 1.88. The monoisotopic (exact) mass is 388 g/mol. The molecule has 2 rings (SSSR count). The molecule has 2 aromatic rings. The Morgan fingerprint density at radius 1 is 1.17 bits per heavy atom. The van der Waals surface area contributed by atoms with Crippen molar-refractivity contribution in [2.24, 2.45) is 0 Å². The maximum Gasteiger partial charge on any atom is 0.199 e. The van der Waals surface area contributed by atoms with Crippen LogP contribution >= 0.6 is 43.2 Å². The zero-order chi connectivity index (χ0) is 13.0. The fraction of sp³-hybridized carbons (Fsp3) is 0.154. The molecule has 2 nitrogen and oxygen atoms in total. The zero-order valence-corrected chi connectivity index (χ0v) is 13.3. The Morgan fingerprint density at radius 3 is 2.61 bits per heavy atom. The quantitative estimate of drug-likeness (QED) is 0.694. The fourth-order valence-corrected chi connectivity index (χ4v) is 3.35. The molecule has 0 atom stereocenters. The van der Waals surface area contributed by atoms with E-state index in [-0.39, 0.29) is 12.4 Å². The number of rotatable bonds is 5. The van der Waals surface area contributed by atoms with E-state index in [2.05, 4.69) is 31.9 Å². The topological polar surface area (TPSA) is 26.3 Å². The predicted octanol–water partition coefficient (Wildman–Crippen LogP) is 4.67. The highest BCUT2D eigenvalue weighted by atomic mass is 79.9. The molecule has 94 valence electrons. The van der Waals surface area contributed by atoms with Crippen molar-refractivity contribution in [1.82, 2.24) is 0 Å². The van der Waals surface area contributed by atoms with E-state index in [0.29, 0.717) is 11.5 Å². The molecule has 18 heavy (non-hydrogen) atoms. The summed E-state index contributed by atoms with van der Waals surface area (Å²) in [6.07, 6.45) is 0. The van der Waals surface area contributed by atoms with E-state index in [0.717, 1.165) is 14.5 Å². The molecule has 0 radical (unpaired) electrons. The van der Waals surface area contributed by atoms with Crippen molar-refractivity contribution in [2.75, 3.05) is 6.61 Å². The maximum absolute atomic E-state index is 11.8. The molecule has 0 aliphatic rings. The Bertz CT molecular complexity index is 551. The first-order valence-corrected chi connectivity index (χ1v) is 7.72. The van der Waals surface area contributed by atoms with Crippen LogP contribution in [0.2, 0.25) is 0 Å². The molecule has 0 unspecified atom stereocenters. The van der Waals surface area contributed by atoms with E-state index in [1.807, 2.05) is 35.7 Å². The number of hydrogen-bond donors (Lipinski definition) is 0. The van der Waals surface area contributed by atoms with E-state index < -0.39 is 0 Å². The number of Topliss-reactive ketones (excluding diaryl/α,β-unsaturated/α-hetero) is 1. The van der Waals surface area contributed by atoms with Crippen molar-refractivity contribution in [1.29, 1.82) is 0 Å². The van der Waals surface area contributed by atoms with Gasteiger partial charge in [0.2, 0.25) is 0 Å². The average Bonchev–Trinajstić information content (AvgIpc) is 2.78. The number of carbonyl (C=O) groups excluding carboxylic acids is 1. The summed E-state index contributed by atoms with van der Waals surface area (Å²) in [6.45, 7) is 0.524. The standard InChI is InChI=1S/C13H10Br2O2S/c14-10-4-2-1-3-9(10)7-17-8-12(16)13-11(15)5-6-18-13/h1-6H,7-8H2. The third-order valence-electron chi connectivity index (χ3n) is 2.32. The largest absolute Gasteiger partial charge is 0.369 e. The SMILES string of the molecule is O=C(COCc1ccccc1Br)c1sccc1Br. The number of ketones is 1. The number of halogens is 2. The van der Waals surface area contributed by atoms with E-state index in [9.17, 15) is 4.79 Å². The molecule has 0 amide bonds. The van der Waals surface area contributed by atoms with Crippen LogP contribution in [0.15, 0.2) is 44.7 Å². The normalized spacial score (nSPS) is 10.6.